The lowest BCUT2D eigenvalue weighted by Gasteiger charge is -2.16. The van der Waals surface area contributed by atoms with Crippen LogP contribution in [-0.2, 0) is 0 Å². The number of likely N-dealkylation sites (N-methyl/N-ethyl adjacent to an activating group) is 1. The maximum atomic E-state index is 9.22. The van der Waals surface area contributed by atoms with Crippen LogP contribution in [0.4, 0.5) is 0 Å². The number of aliphatic hydroxyl groups excluding tert-OH is 1. The van der Waals surface area contributed by atoms with Crippen molar-refractivity contribution in [1.29, 1.82) is 0 Å². The molecule has 0 aliphatic carbocycles. The number of nitrogens with one attached hydrogen (secondary N) is 1. The second-order valence-corrected chi connectivity index (χ2v) is 3.59. The van der Waals surface area contributed by atoms with E-state index in [1.165, 1.54) is 0 Å². The van der Waals surface area contributed by atoms with E-state index in [2.05, 4.69) is 5.32 Å². The molecular formula is C11H15NO3. The first kappa shape index (κ1) is 10.3. The fourth-order valence-electron chi connectivity index (χ4n) is 1.78. The van der Waals surface area contributed by atoms with Gasteiger partial charge in [0.25, 0.3) is 0 Å². The number of rotatable bonds is 3. The molecule has 1 aromatic carbocycles. The number of hydrogen-bond acceptors (Lipinski definition) is 4. The second kappa shape index (κ2) is 4.08. The van der Waals surface area contributed by atoms with Gasteiger partial charge in [-0.25, -0.2) is 0 Å². The normalized spacial score (nSPS) is 15.4. The summed E-state index contributed by atoms with van der Waals surface area (Å²) in [5.41, 5.74) is 2.14. The summed E-state index contributed by atoms with van der Waals surface area (Å²) in [6.07, 6.45) is 0. The molecule has 1 heterocycles. The van der Waals surface area contributed by atoms with Crippen molar-refractivity contribution in [2.24, 2.45) is 0 Å². The lowest BCUT2D eigenvalue weighted by molar-refractivity contribution is 0.174. The van der Waals surface area contributed by atoms with Crippen molar-refractivity contribution in [1.82, 2.24) is 5.32 Å². The van der Waals surface area contributed by atoms with Gasteiger partial charge in [-0.1, -0.05) is 0 Å². The Bertz CT molecular complexity index is 361. The van der Waals surface area contributed by atoms with Gasteiger partial charge in [-0.15, -0.1) is 0 Å². The van der Waals surface area contributed by atoms with Crippen LogP contribution in [0.15, 0.2) is 12.1 Å². The predicted octanol–water partition coefficient (Wildman–Crippen LogP) is 0.977. The topological polar surface area (TPSA) is 50.7 Å². The molecule has 15 heavy (non-hydrogen) atoms. The molecule has 0 radical (unpaired) electrons. The fourth-order valence-corrected chi connectivity index (χ4v) is 1.78. The summed E-state index contributed by atoms with van der Waals surface area (Å²) in [5, 5.41) is 12.3. The van der Waals surface area contributed by atoms with E-state index in [-0.39, 0.29) is 19.4 Å². The lowest BCUT2D eigenvalue weighted by atomic mass is 10.0. The molecule has 2 N–H and O–H groups in total. The smallest absolute Gasteiger partial charge is 0.231 e. The van der Waals surface area contributed by atoms with Gasteiger partial charge in [-0.2, -0.15) is 0 Å². The third-order valence-corrected chi connectivity index (χ3v) is 2.67. The van der Waals surface area contributed by atoms with Crippen LogP contribution < -0.4 is 14.8 Å². The van der Waals surface area contributed by atoms with E-state index in [0.717, 1.165) is 22.6 Å². The molecule has 4 heteroatoms. The van der Waals surface area contributed by atoms with Gasteiger partial charge in [0.15, 0.2) is 11.5 Å². The Hall–Kier alpha value is -1.26. The van der Waals surface area contributed by atoms with Crippen molar-refractivity contribution < 1.29 is 14.6 Å². The highest BCUT2D eigenvalue weighted by Crippen LogP contribution is 2.36. The maximum Gasteiger partial charge on any atom is 0.231 e. The third kappa shape index (κ3) is 1.78. The third-order valence-electron chi connectivity index (χ3n) is 2.67. The summed E-state index contributed by atoms with van der Waals surface area (Å²) in [6.45, 7) is 2.34. The zero-order chi connectivity index (χ0) is 10.8. The molecule has 1 unspecified atom stereocenters. The average Bonchev–Trinajstić information content (AvgIpc) is 2.67. The molecule has 82 valence electrons. The van der Waals surface area contributed by atoms with E-state index < -0.39 is 0 Å². The minimum absolute atomic E-state index is 0.0560. The standard InChI is InChI=1S/C11H15NO3/c1-7-3-10-11(15-6-14-10)4-8(7)9(5-13)12-2/h3-4,9,12-13H,5-6H2,1-2H3. The van der Waals surface area contributed by atoms with Gasteiger partial charge in [-0.3, -0.25) is 0 Å². The number of aryl methyl sites for hydroxylation is 1. The predicted molar refractivity (Wildman–Crippen MR) is 56.2 cm³/mol. The van der Waals surface area contributed by atoms with Gasteiger partial charge in [0.2, 0.25) is 6.79 Å². The molecular weight excluding hydrogens is 194 g/mol. The van der Waals surface area contributed by atoms with E-state index in [1.807, 2.05) is 26.1 Å². The summed E-state index contributed by atoms with van der Waals surface area (Å²) in [7, 11) is 1.82. The minimum atomic E-state index is -0.0560. The molecule has 0 aromatic heterocycles. The van der Waals surface area contributed by atoms with Crippen molar-refractivity contribution in [2.75, 3.05) is 20.4 Å². The fraction of sp³-hybridized carbons (Fsp3) is 0.455. The summed E-state index contributed by atoms with van der Waals surface area (Å²) < 4.78 is 10.6. The highest BCUT2D eigenvalue weighted by Gasteiger charge is 2.19. The molecule has 1 aliphatic heterocycles. The van der Waals surface area contributed by atoms with E-state index >= 15 is 0 Å². The number of benzene rings is 1. The molecule has 4 nitrogen and oxygen atoms in total. The van der Waals surface area contributed by atoms with Crippen LogP contribution in [0.5, 0.6) is 11.5 Å². The Kier molecular flexibility index (Phi) is 2.79. The Morgan fingerprint density at radius 3 is 2.67 bits per heavy atom. The Morgan fingerprint density at radius 1 is 1.40 bits per heavy atom. The average molecular weight is 209 g/mol. The van der Waals surface area contributed by atoms with Gasteiger partial charge in [0.05, 0.1) is 12.6 Å². The summed E-state index contributed by atoms with van der Waals surface area (Å²) in [4.78, 5) is 0. The molecule has 0 amide bonds. The van der Waals surface area contributed by atoms with Crippen LogP contribution in [0.2, 0.25) is 0 Å². The van der Waals surface area contributed by atoms with E-state index in [9.17, 15) is 5.11 Å². The summed E-state index contributed by atoms with van der Waals surface area (Å²) in [5.74, 6) is 1.54. The number of ether oxygens (including phenoxy) is 2. The van der Waals surface area contributed by atoms with Crippen LogP contribution in [0, 0.1) is 6.92 Å². The Labute approximate surface area is 88.8 Å². The van der Waals surface area contributed by atoms with E-state index in [4.69, 9.17) is 9.47 Å². The zero-order valence-electron chi connectivity index (χ0n) is 8.91. The van der Waals surface area contributed by atoms with Gasteiger partial charge in [-0.05, 0) is 37.2 Å². The highest BCUT2D eigenvalue weighted by molar-refractivity contribution is 5.49. The number of fused-ring (bicyclic) bond motifs is 1. The van der Waals surface area contributed by atoms with Crippen LogP contribution in [0.25, 0.3) is 0 Å². The molecule has 0 saturated heterocycles. The van der Waals surface area contributed by atoms with Gasteiger partial charge in [0.1, 0.15) is 0 Å². The summed E-state index contributed by atoms with van der Waals surface area (Å²) in [6, 6.07) is 3.81. The quantitative estimate of drug-likeness (QED) is 0.779. The monoisotopic (exact) mass is 209 g/mol. The van der Waals surface area contributed by atoms with Gasteiger partial charge >= 0.3 is 0 Å². The van der Waals surface area contributed by atoms with Gasteiger partial charge < -0.3 is 19.9 Å². The van der Waals surface area contributed by atoms with Crippen LogP contribution in [-0.4, -0.2) is 25.6 Å². The van der Waals surface area contributed by atoms with Crippen molar-refractivity contribution in [2.45, 2.75) is 13.0 Å². The zero-order valence-corrected chi connectivity index (χ0v) is 8.91. The molecule has 1 aromatic rings. The summed E-state index contributed by atoms with van der Waals surface area (Å²) >= 11 is 0. The largest absolute Gasteiger partial charge is 0.454 e. The number of aliphatic hydroxyl groups is 1. The Balaban J connectivity index is 2.39. The minimum Gasteiger partial charge on any atom is -0.454 e. The maximum absolute atomic E-state index is 9.22. The van der Waals surface area contributed by atoms with Gasteiger partial charge in [0, 0.05) is 0 Å². The molecule has 0 fully saturated rings. The van der Waals surface area contributed by atoms with Crippen LogP contribution in [0.3, 0.4) is 0 Å². The molecule has 0 saturated carbocycles. The Morgan fingerprint density at radius 2 is 2.07 bits per heavy atom. The van der Waals surface area contributed by atoms with E-state index in [0.29, 0.717) is 0 Å². The SMILES string of the molecule is CNC(CO)c1cc2c(cc1C)OCO2. The van der Waals surface area contributed by atoms with Crippen molar-refractivity contribution >= 4 is 0 Å². The molecule has 1 atom stereocenters. The van der Waals surface area contributed by atoms with Crippen molar-refractivity contribution in [3.05, 3.63) is 23.3 Å². The molecule has 1 aliphatic rings. The molecule has 0 bridgehead atoms. The first-order chi connectivity index (χ1) is 7.26. The van der Waals surface area contributed by atoms with Crippen LogP contribution in [0.1, 0.15) is 17.2 Å². The van der Waals surface area contributed by atoms with E-state index in [1.54, 1.807) is 0 Å². The first-order valence-corrected chi connectivity index (χ1v) is 4.94. The highest BCUT2D eigenvalue weighted by atomic mass is 16.7. The van der Waals surface area contributed by atoms with Crippen molar-refractivity contribution in [3.8, 4) is 11.5 Å². The lowest BCUT2D eigenvalue weighted by Crippen LogP contribution is -2.20. The van der Waals surface area contributed by atoms with Crippen molar-refractivity contribution in [3.63, 3.8) is 0 Å². The first-order valence-electron chi connectivity index (χ1n) is 4.94. The van der Waals surface area contributed by atoms with Crippen LogP contribution >= 0.6 is 0 Å². The molecule has 2 rings (SSSR count). The number of hydrogen-bond donors (Lipinski definition) is 2. The molecule has 0 spiro atoms. The second-order valence-electron chi connectivity index (χ2n) is 3.59.